The van der Waals surface area contributed by atoms with Gasteiger partial charge in [0.25, 0.3) is 0 Å². The van der Waals surface area contributed by atoms with E-state index in [9.17, 15) is 18.0 Å². The fourth-order valence-electron chi connectivity index (χ4n) is 1.25. The number of rotatable bonds is 4. The molecule has 2 atom stereocenters. The minimum Gasteiger partial charge on any atom is -0.462 e. The van der Waals surface area contributed by atoms with Gasteiger partial charge in [-0.05, 0) is 0 Å². The number of carbonyl (C=O) groups is 1. The molecule has 0 aromatic carbocycles. The Balaban J connectivity index is 2.23. The second kappa shape index (κ2) is 4.65. The quantitative estimate of drug-likeness (QED) is 0.538. The zero-order chi connectivity index (χ0) is 11.5. The Bertz CT molecular complexity index is 249. The molecule has 1 aliphatic heterocycles. The smallest absolute Gasteiger partial charge is 0.396 e. The van der Waals surface area contributed by atoms with Crippen LogP contribution in [0.4, 0.5) is 13.2 Å². The van der Waals surface area contributed by atoms with Gasteiger partial charge >= 0.3 is 12.1 Å². The van der Waals surface area contributed by atoms with Gasteiger partial charge in [0.15, 0.2) is 0 Å². The van der Waals surface area contributed by atoms with E-state index in [4.69, 9.17) is 4.74 Å². The molecular weight excluding hydrogens is 213 g/mol. The van der Waals surface area contributed by atoms with Gasteiger partial charge in [-0.25, -0.2) is 4.79 Å². The van der Waals surface area contributed by atoms with Crippen molar-refractivity contribution in [3.8, 4) is 0 Å². The molecule has 15 heavy (non-hydrogen) atoms. The number of ether oxygens (including phenoxy) is 2. The highest BCUT2D eigenvalue weighted by atomic mass is 19.4. The van der Waals surface area contributed by atoms with Gasteiger partial charge in [0.05, 0.1) is 19.3 Å². The highest BCUT2D eigenvalue weighted by Gasteiger charge is 2.51. The highest BCUT2D eigenvalue weighted by Crippen LogP contribution is 2.37. The predicted octanol–water partition coefficient (Wildman–Crippen LogP) is 1.68. The molecule has 1 heterocycles. The third-order valence-electron chi connectivity index (χ3n) is 2.17. The molecule has 0 bridgehead atoms. The first kappa shape index (κ1) is 12.0. The molecule has 0 N–H and O–H groups in total. The van der Waals surface area contributed by atoms with E-state index in [0.29, 0.717) is 0 Å². The summed E-state index contributed by atoms with van der Waals surface area (Å²) in [6, 6.07) is 0. The van der Waals surface area contributed by atoms with Gasteiger partial charge in [-0.1, -0.05) is 6.58 Å². The largest absolute Gasteiger partial charge is 0.462 e. The van der Waals surface area contributed by atoms with Crippen molar-refractivity contribution in [2.45, 2.75) is 18.7 Å². The molecular formula is C9H11F3O3. The van der Waals surface area contributed by atoms with E-state index < -0.39 is 24.2 Å². The minimum atomic E-state index is -4.23. The molecule has 86 valence electrons. The van der Waals surface area contributed by atoms with Crippen molar-refractivity contribution in [2.24, 2.45) is 5.92 Å². The van der Waals surface area contributed by atoms with Crippen LogP contribution >= 0.6 is 0 Å². The molecule has 0 aromatic heterocycles. The number of hydrogen-bond acceptors (Lipinski definition) is 3. The number of hydrogen-bond donors (Lipinski definition) is 0. The molecule has 0 radical (unpaired) electrons. The van der Waals surface area contributed by atoms with Crippen molar-refractivity contribution in [3.05, 3.63) is 12.7 Å². The number of esters is 1. The van der Waals surface area contributed by atoms with Crippen LogP contribution in [0.15, 0.2) is 12.7 Å². The van der Waals surface area contributed by atoms with Gasteiger partial charge < -0.3 is 9.47 Å². The fraction of sp³-hybridized carbons (Fsp3) is 0.667. The maximum absolute atomic E-state index is 12.2. The van der Waals surface area contributed by atoms with Crippen molar-refractivity contribution in [1.29, 1.82) is 0 Å². The van der Waals surface area contributed by atoms with Crippen molar-refractivity contribution in [1.82, 2.24) is 0 Å². The molecule has 1 rings (SSSR count). The summed E-state index contributed by atoms with van der Waals surface area (Å²) in [5.74, 6) is -2.07. The van der Waals surface area contributed by atoms with E-state index >= 15 is 0 Å². The van der Waals surface area contributed by atoms with Crippen LogP contribution in [-0.2, 0) is 14.3 Å². The lowest BCUT2D eigenvalue weighted by atomic mass is 9.95. The molecule has 3 nitrogen and oxygen atoms in total. The second-order valence-corrected chi connectivity index (χ2v) is 3.18. The predicted molar refractivity (Wildman–Crippen MR) is 45.1 cm³/mol. The van der Waals surface area contributed by atoms with Crippen LogP contribution in [0.1, 0.15) is 6.42 Å². The summed E-state index contributed by atoms with van der Waals surface area (Å²) < 4.78 is 45.9. The van der Waals surface area contributed by atoms with Crippen LogP contribution in [0.25, 0.3) is 0 Å². The van der Waals surface area contributed by atoms with Crippen molar-refractivity contribution in [2.75, 3.05) is 13.2 Å². The van der Waals surface area contributed by atoms with Crippen LogP contribution in [0.5, 0.6) is 0 Å². The van der Waals surface area contributed by atoms with Crippen LogP contribution in [-0.4, -0.2) is 31.5 Å². The number of alkyl halides is 3. The Morgan fingerprint density at radius 2 is 2.27 bits per heavy atom. The Kier molecular flexibility index (Phi) is 3.73. The van der Waals surface area contributed by atoms with Gasteiger partial charge in [-0.3, -0.25) is 0 Å². The third kappa shape index (κ3) is 3.23. The van der Waals surface area contributed by atoms with Crippen molar-refractivity contribution in [3.63, 3.8) is 0 Å². The van der Waals surface area contributed by atoms with Crippen molar-refractivity contribution >= 4 is 5.97 Å². The maximum atomic E-state index is 12.2. The summed E-state index contributed by atoms with van der Waals surface area (Å²) in [7, 11) is 0. The van der Waals surface area contributed by atoms with Crippen LogP contribution in [0, 0.1) is 5.92 Å². The van der Waals surface area contributed by atoms with Gasteiger partial charge in [0, 0.05) is 12.5 Å². The molecule has 0 aliphatic carbocycles. The van der Waals surface area contributed by atoms with Crippen molar-refractivity contribution < 1.29 is 27.4 Å². The molecule has 0 spiro atoms. The molecule has 6 heteroatoms. The SMILES string of the molecule is C=CC(=O)OCCC1OCC1C(F)(F)F. The normalized spacial score (nSPS) is 25.5. The topological polar surface area (TPSA) is 35.5 Å². The van der Waals surface area contributed by atoms with Gasteiger partial charge in [-0.2, -0.15) is 13.2 Å². The highest BCUT2D eigenvalue weighted by molar-refractivity contribution is 5.81. The van der Waals surface area contributed by atoms with Crippen LogP contribution in [0.2, 0.25) is 0 Å². The Labute approximate surface area is 84.8 Å². The molecule has 0 saturated carbocycles. The average Bonchev–Trinajstić information content (AvgIpc) is 2.06. The molecule has 0 aromatic rings. The summed E-state index contributed by atoms with van der Waals surface area (Å²) in [6.45, 7) is 2.78. The number of carbonyl (C=O) groups excluding carboxylic acids is 1. The second-order valence-electron chi connectivity index (χ2n) is 3.18. The molecule has 1 saturated heterocycles. The summed E-state index contributed by atoms with van der Waals surface area (Å²) in [5.41, 5.74) is 0. The average molecular weight is 224 g/mol. The molecule has 2 unspecified atom stereocenters. The van der Waals surface area contributed by atoms with E-state index in [2.05, 4.69) is 11.3 Å². The lowest BCUT2D eigenvalue weighted by molar-refractivity contribution is -0.275. The minimum absolute atomic E-state index is 0.0593. The Hall–Kier alpha value is -1.04. The lowest BCUT2D eigenvalue weighted by Gasteiger charge is -2.37. The van der Waals surface area contributed by atoms with E-state index in [-0.39, 0.29) is 19.6 Å². The first-order valence-corrected chi connectivity index (χ1v) is 4.42. The van der Waals surface area contributed by atoms with Gasteiger partial charge in [0.1, 0.15) is 5.92 Å². The first-order chi connectivity index (χ1) is 6.95. The fourth-order valence-corrected chi connectivity index (χ4v) is 1.25. The number of halogens is 3. The molecule has 1 aliphatic rings. The molecule has 0 amide bonds. The zero-order valence-electron chi connectivity index (χ0n) is 7.92. The summed E-state index contributed by atoms with van der Waals surface area (Å²) in [6.07, 6.45) is -4.10. The Morgan fingerprint density at radius 1 is 1.60 bits per heavy atom. The Morgan fingerprint density at radius 3 is 2.67 bits per heavy atom. The maximum Gasteiger partial charge on any atom is 0.396 e. The summed E-state index contributed by atoms with van der Waals surface area (Å²) in [5, 5.41) is 0. The monoisotopic (exact) mass is 224 g/mol. The van der Waals surface area contributed by atoms with E-state index in [1.165, 1.54) is 0 Å². The summed E-state index contributed by atoms with van der Waals surface area (Å²) in [4.78, 5) is 10.6. The first-order valence-electron chi connectivity index (χ1n) is 4.42. The zero-order valence-corrected chi connectivity index (χ0v) is 7.92. The molecule has 1 fully saturated rings. The van der Waals surface area contributed by atoms with Crippen LogP contribution in [0.3, 0.4) is 0 Å². The summed E-state index contributed by atoms with van der Waals surface area (Å²) >= 11 is 0. The van der Waals surface area contributed by atoms with Gasteiger partial charge in [-0.15, -0.1) is 0 Å². The van der Waals surface area contributed by atoms with E-state index in [1.807, 2.05) is 0 Å². The van der Waals surface area contributed by atoms with Crippen LogP contribution < -0.4 is 0 Å². The van der Waals surface area contributed by atoms with E-state index in [0.717, 1.165) is 6.08 Å². The lowest BCUT2D eigenvalue weighted by Crippen LogP contribution is -2.49. The standard InChI is InChI=1S/C9H11F3O3/c1-2-8(13)14-4-3-7-6(5-15-7)9(10,11)12/h2,6-7H,1,3-5H2. The third-order valence-corrected chi connectivity index (χ3v) is 2.17. The van der Waals surface area contributed by atoms with E-state index in [1.54, 1.807) is 0 Å². The van der Waals surface area contributed by atoms with Gasteiger partial charge in [0.2, 0.25) is 0 Å².